The van der Waals surface area contributed by atoms with Crippen LogP contribution in [0.3, 0.4) is 0 Å². The molecule has 94 valence electrons. The molecule has 0 bridgehead atoms. The summed E-state index contributed by atoms with van der Waals surface area (Å²) >= 11 is 0. The van der Waals surface area contributed by atoms with Crippen LogP contribution >= 0.6 is 10.7 Å². The predicted molar refractivity (Wildman–Crippen MR) is 63.7 cm³/mol. The van der Waals surface area contributed by atoms with E-state index in [4.69, 9.17) is 15.0 Å². The van der Waals surface area contributed by atoms with Gasteiger partial charge in [-0.25, -0.2) is 9.59 Å². The van der Waals surface area contributed by atoms with Gasteiger partial charge in [0.2, 0.25) is 0 Å². The average Bonchev–Trinajstić information content (AvgIpc) is 2.38. The molecule has 1 atom stereocenters. The zero-order valence-electron chi connectivity index (χ0n) is 10.1. The molecule has 0 fully saturated rings. The van der Waals surface area contributed by atoms with E-state index in [1.54, 1.807) is 20.8 Å². The second-order valence-corrected chi connectivity index (χ2v) is 5.95. The third-order valence-electron chi connectivity index (χ3n) is 1.79. The Hall–Kier alpha value is -1.47. The van der Waals surface area contributed by atoms with Crippen LogP contribution in [-0.2, 0) is 4.74 Å². The number of carboxylic acid groups (broad SMARTS) is 1. The van der Waals surface area contributed by atoms with Crippen LogP contribution in [0.2, 0.25) is 0 Å². The summed E-state index contributed by atoms with van der Waals surface area (Å²) in [5.74, 6) is -1.82. The van der Waals surface area contributed by atoms with E-state index in [1.165, 1.54) is 6.92 Å². The van der Waals surface area contributed by atoms with Gasteiger partial charge < -0.3 is 9.84 Å². The molecule has 0 saturated carbocycles. The van der Waals surface area contributed by atoms with E-state index in [2.05, 4.69) is 4.98 Å². The topological polar surface area (TPSA) is 103 Å². The van der Waals surface area contributed by atoms with Gasteiger partial charge in [-0.1, -0.05) is 0 Å². The minimum Gasteiger partial charge on any atom is -0.474 e. The number of carbonyl (C=O) groups is 2. The smallest absolute Gasteiger partial charge is 0.415 e. The van der Waals surface area contributed by atoms with Crippen molar-refractivity contribution in [3.63, 3.8) is 0 Å². The Morgan fingerprint density at radius 3 is 2.29 bits per heavy atom. The van der Waals surface area contributed by atoms with Gasteiger partial charge in [-0.15, -0.1) is 5.14 Å². The van der Waals surface area contributed by atoms with E-state index in [1.807, 2.05) is 0 Å². The highest BCUT2D eigenvalue weighted by atomic mass is 32.2. The number of hydrogen-bond donors (Lipinski definition) is 2. The number of ether oxygens (including phenoxy) is 1. The number of carboxylic acids is 1. The van der Waals surface area contributed by atoms with Gasteiger partial charge in [0.15, 0.2) is 0 Å². The molecule has 0 aliphatic heterocycles. The highest BCUT2D eigenvalue weighted by Gasteiger charge is 2.36. The quantitative estimate of drug-likeness (QED) is 0.616. The van der Waals surface area contributed by atoms with Gasteiger partial charge in [-0.2, -0.15) is 4.98 Å². The fraction of sp³-hybridized carbons (Fsp3) is 0.500. The number of nitrogen functional groups attached to an aromatic ring is 1. The number of nitrogens with two attached hydrogens (primary N) is 1. The lowest BCUT2D eigenvalue weighted by Crippen LogP contribution is -2.24. The van der Waals surface area contributed by atoms with Gasteiger partial charge in [0.05, 0.1) is 0 Å². The number of aromatic nitrogens is 1. The molecule has 0 aliphatic carbocycles. The Kier molecular flexibility index (Phi) is 3.53. The first-order valence-electron chi connectivity index (χ1n) is 4.88. The zero-order chi connectivity index (χ0) is 13.4. The summed E-state index contributed by atoms with van der Waals surface area (Å²) in [7, 11) is -1.32. The van der Waals surface area contributed by atoms with Gasteiger partial charge in [0.1, 0.15) is 22.0 Å². The van der Waals surface area contributed by atoms with Crippen molar-refractivity contribution < 1.29 is 19.4 Å². The largest absolute Gasteiger partial charge is 0.474 e. The third-order valence-corrected chi connectivity index (χ3v) is 3.38. The lowest BCUT2D eigenvalue weighted by Gasteiger charge is -2.17. The summed E-state index contributed by atoms with van der Waals surface area (Å²) in [6.07, 6.45) is 0. The average molecular weight is 259 g/mol. The Labute approximate surface area is 102 Å². The van der Waals surface area contributed by atoms with Crippen molar-refractivity contribution in [1.29, 1.82) is 0 Å². The van der Waals surface area contributed by atoms with E-state index in [9.17, 15) is 9.59 Å². The molecular weight excluding hydrogens is 244 g/mol. The number of nitrogens with zero attached hydrogens (tertiary/aromatic N) is 1. The van der Waals surface area contributed by atoms with Gasteiger partial charge >= 0.3 is 21.8 Å². The second-order valence-electron chi connectivity index (χ2n) is 4.48. The van der Waals surface area contributed by atoms with E-state index in [-0.39, 0.29) is 15.6 Å². The van der Waals surface area contributed by atoms with E-state index in [0.29, 0.717) is 0 Å². The van der Waals surface area contributed by atoms with Crippen LogP contribution in [0, 0.1) is 6.92 Å². The normalized spacial score (nSPS) is 12.4. The molecule has 1 heterocycles. The van der Waals surface area contributed by atoms with Crippen molar-refractivity contribution >= 4 is 22.6 Å². The van der Waals surface area contributed by atoms with Crippen LogP contribution in [0.15, 0.2) is 0 Å². The lowest BCUT2D eigenvalue weighted by molar-refractivity contribution is 0.00686. The van der Waals surface area contributed by atoms with E-state index >= 15 is 0 Å². The molecule has 0 saturated heterocycles. The Morgan fingerprint density at radius 2 is 1.94 bits per heavy atom. The minimum atomic E-state index is -1.32. The van der Waals surface area contributed by atoms with Crippen molar-refractivity contribution in [2.24, 2.45) is 0 Å². The molecule has 1 aromatic heterocycles. The Morgan fingerprint density at radius 1 is 1.41 bits per heavy atom. The van der Waals surface area contributed by atoms with Crippen molar-refractivity contribution in [3.8, 4) is 0 Å². The maximum atomic E-state index is 11.7. The van der Waals surface area contributed by atoms with Gasteiger partial charge in [0.25, 0.3) is 0 Å². The SMILES string of the molecule is Cc1nc(C(=O)OC(C)(C)C)[s+](N)c1C(=O)O. The fourth-order valence-electron chi connectivity index (χ4n) is 1.21. The summed E-state index contributed by atoms with van der Waals surface area (Å²) in [5.41, 5.74) is -0.409. The number of aryl methyl sites for hydroxylation is 1. The molecule has 1 aromatic rings. The van der Waals surface area contributed by atoms with Crippen molar-refractivity contribution in [2.45, 2.75) is 33.3 Å². The predicted octanol–water partition coefficient (Wildman–Crippen LogP) is 1.51. The van der Waals surface area contributed by atoms with Gasteiger partial charge in [0, 0.05) is 0 Å². The van der Waals surface area contributed by atoms with E-state index in [0.717, 1.165) is 0 Å². The Bertz CT molecular complexity index is 473. The highest BCUT2D eigenvalue weighted by Crippen LogP contribution is 2.27. The molecule has 7 heteroatoms. The molecule has 0 radical (unpaired) electrons. The van der Waals surface area contributed by atoms with Crippen molar-refractivity contribution in [3.05, 3.63) is 15.6 Å². The van der Waals surface area contributed by atoms with E-state index < -0.39 is 28.2 Å². The van der Waals surface area contributed by atoms with Crippen LogP contribution in [0.1, 0.15) is 45.9 Å². The first kappa shape index (κ1) is 13.6. The number of carbonyl (C=O) groups excluding carboxylic acids is 1. The van der Waals surface area contributed by atoms with Crippen LogP contribution < -0.4 is 5.14 Å². The summed E-state index contributed by atoms with van der Waals surface area (Å²) in [4.78, 5) is 26.5. The molecule has 1 unspecified atom stereocenters. The third kappa shape index (κ3) is 3.01. The minimum absolute atomic E-state index is 0.0326. The maximum absolute atomic E-state index is 11.7. The molecule has 0 spiro atoms. The van der Waals surface area contributed by atoms with Gasteiger partial charge in [-0.05, 0) is 27.7 Å². The standard InChI is InChI=1S/C10H14N2O4S/c1-5-6(8(13)14)17(11)7(12-5)9(15)16-10(2,3)4/h11H2,1-4H3/p+1. The summed E-state index contributed by atoms with van der Waals surface area (Å²) < 4.78 is 5.11. The molecular formula is C10H15N2O4S+. The van der Waals surface area contributed by atoms with Crippen LogP contribution in [0.4, 0.5) is 0 Å². The number of hydrogen-bond acceptors (Lipinski definition) is 5. The first-order chi connectivity index (χ1) is 7.63. The second kappa shape index (κ2) is 4.42. The van der Waals surface area contributed by atoms with Crippen LogP contribution in [0.25, 0.3) is 0 Å². The highest BCUT2D eigenvalue weighted by molar-refractivity contribution is 7.34. The number of thiazole rings is 1. The van der Waals surface area contributed by atoms with Crippen LogP contribution in [-0.4, -0.2) is 27.6 Å². The maximum Gasteiger partial charge on any atom is 0.415 e. The monoisotopic (exact) mass is 259 g/mol. The van der Waals surface area contributed by atoms with Gasteiger partial charge in [-0.3, -0.25) is 0 Å². The number of esters is 1. The Balaban J connectivity index is 3.13. The molecule has 0 amide bonds. The van der Waals surface area contributed by atoms with Crippen molar-refractivity contribution in [1.82, 2.24) is 4.98 Å². The number of rotatable bonds is 2. The molecule has 0 aliphatic rings. The molecule has 1 rings (SSSR count). The molecule has 0 aromatic carbocycles. The van der Waals surface area contributed by atoms with Crippen LogP contribution in [0.5, 0.6) is 0 Å². The molecule has 17 heavy (non-hydrogen) atoms. The molecule has 6 nitrogen and oxygen atoms in total. The number of aromatic carboxylic acids is 1. The summed E-state index contributed by atoms with van der Waals surface area (Å²) in [6.45, 7) is 6.65. The molecule has 3 N–H and O–H groups in total. The summed E-state index contributed by atoms with van der Waals surface area (Å²) in [6, 6.07) is 0. The lowest BCUT2D eigenvalue weighted by atomic mass is 10.2. The van der Waals surface area contributed by atoms with Crippen molar-refractivity contribution in [2.75, 3.05) is 5.14 Å². The zero-order valence-corrected chi connectivity index (χ0v) is 10.9. The first-order valence-corrected chi connectivity index (χ1v) is 6.17. The fourth-order valence-corrected chi connectivity index (χ4v) is 2.42. The summed E-state index contributed by atoms with van der Waals surface area (Å²) in [5, 5.41) is 14.6.